The number of nitrogens with zero attached hydrogens (tertiary/aromatic N) is 4. The molecule has 32 heavy (non-hydrogen) atoms. The van der Waals surface area contributed by atoms with Crippen LogP contribution in [0.2, 0.25) is 0 Å². The molecule has 0 bridgehead atoms. The van der Waals surface area contributed by atoms with Crippen LogP contribution in [0, 0.1) is 10.1 Å². The van der Waals surface area contributed by atoms with Crippen molar-refractivity contribution in [3.05, 3.63) is 82.8 Å². The molecule has 0 aliphatic carbocycles. The Labute approximate surface area is 188 Å². The van der Waals surface area contributed by atoms with Crippen molar-refractivity contribution in [1.82, 2.24) is 14.8 Å². The number of rotatable bonds is 10. The largest absolute Gasteiger partial charge is 0.497 e. The Hall–Kier alpha value is -3.79. The van der Waals surface area contributed by atoms with Crippen molar-refractivity contribution >= 4 is 17.4 Å². The van der Waals surface area contributed by atoms with E-state index in [1.165, 1.54) is 17.8 Å². The second-order valence-corrected chi connectivity index (χ2v) is 7.69. The fraction of sp³-hybridized carbons (Fsp3) is 0.182. The molecule has 0 unspecified atom stereocenters. The Morgan fingerprint density at radius 3 is 2.78 bits per heavy atom. The van der Waals surface area contributed by atoms with E-state index in [4.69, 9.17) is 13.9 Å². The quantitative estimate of drug-likeness (QED) is 0.148. The molecule has 0 spiro atoms. The van der Waals surface area contributed by atoms with Gasteiger partial charge in [-0.2, -0.15) is 0 Å². The molecule has 10 heteroatoms. The average molecular weight is 452 g/mol. The van der Waals surface area contributed by atoms with Gasteiger partial charge in [-0.15, -0.1) is 10.2 Å². The average Bonchev–Trinajstić information content (AvgIpc) is 3.47. The molecule has 4 aromatic rings. The summed E-state index contributed by atoms with van der Waals surface area (Å²) in [5, 5.41) is 20.6. The van der Waals surface area contributed by atoms with Crippen LogP contribution in [-0.4, -0.2) is 39.2 Å². The van der Waals surface area contributed by atoms with Gasteiger partial charge in [0.15, 0.2) is 16.7 Å². The third-order valence-electron chi connectivity index (χ3n) is 4.57. The summed E-state index contributed by atoms with van der Waals surface area (Å²) in [6.45, 7) is 0.734. The fourth-order valence-corrected chi connectivity index (χ4v) is 3.84. The maximum absolute atomic E-state index is 11.1. The highest BCUT2D eigenvalue weighted by Gasteiger charge is 2.17. The van der Waals surface area contributed by atoms with E-state index >= 15 is 0 Å². The van der Waals surface area contributed by atoms with Gasteiger partial charge in [0.1, 0.15) is 11.5 Å². The highest BCUT2D eigenvalue weighted by atomic mass is 32.2. The lowest BCUT2D eigenvalue weighted by Crippen LogP contribution is -2.06. The van der Waals surface area contributed by atoms with Crippen LogP contribution in [0.15, 0.2) is 76.5 Å². The summed E-state index contributed by atoms with van der Waals surface area (Å²) in [6, 6.07) is 17.6. The molecule has 0 saturated heterocycles. The van der Waals surface area contributed by atoms with E-state index in [0.717, 1.165) is 17.1 Å². The topological polar surface area (TPSA) is 105 Å². The van der Waals surface area contributed by atoms with Gasteiger partial charge in [-0.05, 0) is 30.3 Å². The number of thioether (sulfide) groups is 1. The SMILES string of the molecule is COc1cccc(-c2nnc(SCCOc3ccccc3[N+](=O)[O-])n2Cc2ccco2)c1. The predicted molar refractivity (Wildman–Crippen MR) is 119 cm³/mol. The molecule has 4 rings (SSSR count). The Kier molecular flexibility index (Phi) is 6.71. The predicted octanol–water partition coefficient (Wildman–Crippen LogP) is 4.67. The van der Waals surface area contributed by atoms with E-state index in [9.17, 15) is 10.1 Å². The number of nitro benzene ring substituents is 1. The van der Waals surface area contributed by atoms with E-state index in [2.05, 4.69) is 10.2 Å². The van der Waals surface area contributed by atoms with Crippen LogP contribution in [0.1, 0.15) is 5.76 Å². The third kappa shape index (κ3) is 4.92. The van der Waals surface area contributed by atoms with Crippen molar-refractivity contribution < 1.29 is 18.8 Å². The van der Waals surface area contributed by atoms with Gasteiger partial charge in [-0.1, -0.05) is 36.0 Å². The number of benzene rings is 2. The van der Waals surface area contributed by atoms with Gasteiger partial charge in [0.05, 0.1) is 31.4 Å². The van der Waals surface area contributed by atoms with Gasteiger partial charge >= 0.3 is 5.69 Å². The van der Waals surface area contributed by atoms with Crippen LogP contribution >= 0.6 is 11.8 Å². The van der Waals surface area contributed by atoms with Crippen molar-refractivity contribution in [2.75, 3.05) is 19.5 Å². The van der Waals surface area contributed by atoms with Crippen LogP contribution in [0.4, 0.5) is 5.69 Å². The van der Waals surface area contributed by atoms with Crippen molar-refractivity contribution in [1.29, 1.82) is 0 Å². The molecule has 2 aromatic heterocycles. The van der Waals surface area contributed by atoms with Crippen LogP contribution < -0.4 is 9.47 Å². The maximum atomic E-state index is 11.1. The number of furan rings is 1. The van der Waals surface area contributed by atoms with Crippen LogP contribution in [0.25, 0.3) is 11.4 Å². The number of hydrogen-bond acceptors (Lipinski definition) is 8. The molecular formula is C22H20N4O5S. The van der Waals surface area contributed by atoms with Crippen molar-refractivity contribution in [3.63, 3.8) is 0 Å². The molecular weight excluding hydrogens is 432 g/mol. The first kappa shape index (κ1) is 21.4. The minimum Gasteiger partial charge on any atom is -0.497 e. The molecule has 0 fully saturated rings. The fourth-order valence-electron chi connectivity index (χ4n) is 3.09. The van der Waals surface area contributed by atoms with E-state index in [1.807, 2.05) is 41.0 Å². The molecule has 0 atom stereocenters. The van der Waals surface area contributed by atoms with Gasteiger partial charge in [0.2, 0.25) is 0 Å². The zero-order chi connectivity index (χ0) is 22.3. The van der Waals surface area contributed by atoms with E-state index in [-0.39, 0.29) is 18.0 Å². The normalized spacial score (nSPS) is 10.8. The highest BCUT2D eigenvalue weighted by molar-refractivity contribution is 7.99. The Bertz CT molecular complexity index is 1190. The monoisotopic (exact) mass is 452 g/mol. The number of methoxy groups -OCH3 is 1. The van der Waals surface area contributed by atoms with Gasteiger partial charge < -0.3 is 13.9 Å². The van der Waals surface area contributed by atoms with Crippen molar-refractivity contribution in [3.8, 4) is 22.9 Å². The maximum Gasteiger partial charge on any atom is 0.310 e. The third-order valence-corrected chi connectivity index (χ3v) is 5.50. The first-order chi connectivity index (χ1) is 15.7. The summed E-state index contributed by atoms with van der Waals surface area (Å²) < 4.78 is 18.4. The van der Waals surface area contributed by atoms with Gasteiger partial charge in [-0.3, -0.25) is 14.7 Å². The molecule has 0 aliphatic heterocycles. The molecule has 0 radical (unpaired) electrons. The molecule has 2 heterocycles. The lowest BCUT2D eigenvalue weighted by atomic mass is 10.2. The summed E-state index contributed by atoms with van der Waals surface area (Å²) in [4.78, 5) is 10.7. The van der Waals surface area contributed by atoms with Crippen molar-refractivity contribution in [2.24, 2.45) is 0 Å². The number of hydrogen-bond donors (Lipinski definition) is 0. The molecule has 9 nitrogen and oxygen atoms in total. The number of para-hydroxylation sites is 2. The second-order valence-electron chi connectivity index (χ2n) is 6.63. The van der Waals surface area contributed by atoms with Crippen LogP contribution in [0.3, 0.4) is 0 Å². The lowest BCUT2D eigenvalue weighted by Gasteiger charge is -2.10. The van der Waals surface area contributed by atoms with E-state index in [1.54, 1.807) is 31.6 Å². The highest BCUT2D eigenvalue weighted by Crippen LogP contribution is 2.29. The number of aromatic nitrogens is 3. The summed E-state index contributed by atoms with van der Waals surface area (Å²) in [5.74, 6) is 2.95. The molecule has 2 aromatic carbocycles. The minimum atomic E-state index is -0.455. The Morgan fingerprint density at radius 1 is 1.12 bits per heavy atom. The smallest absolute Gasteiger partial charge is 0.310 e. The second kappa shape index (κ2) is 10.0. The molecule has 164 valence electrons. The van der Waals surface area contributed by atoms with E-state index in [0.29, 0.717) is 23.3 Å². The summed E-state index contributed by atoms with van der Waals surface area (Å²) >= 11 is 1.45. The Balaban J connectivity index is 1.51. The zero-order valence-electron chi connectivity index (χ0n) is 17.2. The first-order valence-corrected chi connectivity index (χ1v) is 10.7. The molecule has 0 N–H and O–H groups in total. The minimum absolute atomic E-state index is 0.0567. The molecule has 0 saturated carbocycles. The number of nitro groups is 1. The summed E-state index contributed by atoms with van der Waals surface area (Å²) in [7, 11) is 1.62. The molecule has 0 amide bonds. The van der Waals surface area contributed by atoms with E-state index < -0.39 is 4.92 Å². The first-order valence-electron chi connectivity index (χ1n) is 9.74. The van der Waals surface area contributed by atoms with Crippen LogP contribution in [0.5, 0.6) is 11.5 Å². The van der Waals surface area contributed by atoms with Crippen LogP contribution in [-0.2, 0) is 6.54 Å². The van der Waals surface area contributed by atoms with Crippen molar-refractivity contribution in [2.45, 2.75) is 11.7 Å². The van der Waals surface area contributed by atoms with Gasteiger partial charge in [0, 0.05) is 17.4 Å². The Morgan fingerprint density at radius 2 is 2.00 bits per heavy atom. The standard InChI is InChI=1S/C22H20N4O5S/c1-29-17-7-4-6-16(14-17)21-23-24-22(25(21)15-18-8-5-11-30-18)32-13-12-31-20-10-3-2-9-19(20)26(27)28/h2-11,14H,12-13,15H2,1H3. The van der Waals surface area contributed by atoms with Gasteiger partial charge in [-0.25, -0.2) is 0 Å². The summed E-state index contributed by atoms with van der Waals surface area (Å²) in [5.41, 5.74) is 0.810. The van der Waals surface area contributed by atoms with Gasteiger partial charge in [0.25, 0.3) is 0 Å². The zero-order valence-corrected chi connectivity index (χ0v) is 18.0. The summed E-state index contributed by atoms with van der Waals surface area (Å²) in [6.07, 6.45) is 1.62. The molecule has 0 aliphatic rings. The number of ether oxygens (including phenoxy) is 2. The lowest BCUT2D eigenvalue weighted by molar-refractivity contribution is -0.385.